The Bertz CT molecular complexity index is 976. The maximum Gasteiger partial charge on any atom is 0.243 e. The van der Waals surface area contributed by atoms with E-state index in [0.717, 1.165) is 0 Å². The van der Waals surface area contributed by atoms with Crippen LogP contribution in [0.3, 0.4) is 0 Å². The van der Waals surface area contributed by atoms with Gasteiger partial charge < -0.3 is 15.1 Å². The molecule has 0 saturated carbocycles. The molecule has 1 fully saturated rings. The average molecular weight is 454 g/mol. The lowest BCUT2D eigenvalue weighted by atomic mass is 9.98. The normalized spacial score (nSPS) is 18.5. The van der Waals surface area contributed by atoms with Gasteiger partial charge in [-0.2, -0.15) is 4.31 Å². The topological polar surface area (TPSA) is 109 Å². The standard InChI is InChI=1S/C20H24ClN3O5S/c1-14(19(25)22-12-17-5-3-11-29-17)23-20(26)15-4-2-10-24(13-15)30(27,28)18-8-6-16(21)7-9-18/h3,5-9,11,14-15H,2,4,10,12-13H2,1H3,(H,22,25)(H,23,26)/t14-,15+/m0/s1. The van der Waals surface area contributed by atoms with Crippen LogP contribution in [-0.4, -0.2) is 43.7 Å². The average Bonchev–Trinajstić information content (AvgIpc) is 3.26. The Balaban J connectivity index is 1.57. The largest absolute Gasteiger partial charge is 0.467 e. The number of halogens is 1. The summed E-state index contributed by atoms with van der Waals surface area (Å²) in [7, 11) is -3.72. The third-order valence-corrected chi connectivity index (χ3v) is 7.11. The van der Waals surface area contributed by atoms with Crippen LogP contribution in [0.4, 0.5) is 0 Å². The highest BCUT2D eigenvalue weighted by molar-refractivity contribution is 7.89. The van der Waals surface area contributed by atoms with E-state index in [9.17, 15) is 18.0 Å². The van der Waals surface area contributed by atoms with Crippen molar-refractivity contribution in [1.82, 2.24) is 14.9 Å². The molecule has 162 valence electrons. The van der Waals surface area contributed by atoms with Gasteiger partial charge in [0.2, 0.25) is 21.8 Å². The van der Waals surface area contributed by atoms with Crippen molar-refractivity contribution >= 4 is 33.4 Å². The fourth-order valence-electron chi connectivity index (χ4n) is 3.27. The molecule has 1 aliphatic rings. The van der Waals surface area contributed by atoms with Crippen molar-refractivity contribution in [3.63, 3.8) is 0 Å². The second kappa shape index (κ2) is 9.63. The fraction of sp³-hybridized carbons (Fsp3) is 0.400. The molecule has 0 unspecified atom stereocenters. The molecule has 0 bridgehead atoms. The Labute approximate surface area is 180 Å². The number of carbonyl (C=O) groups excluding carboxylic acids is 2. The van der Waals surface area contributed by atoms with Gasteiger partial charge in [0.1, 0.15) is 11.8 Å². The van der Waals surface area contributed by atoms with Gasteiger partial charge in [-0.3, -0.25) is 9.59 Å². The molecule has 0 aliphatic carbocycles. The van der Waals surface area contributed by atoms with E-state index in [1.807, 2.05) is 0 Å². The number of rotatable bonds is 7. The Morgan fingerprint density at radius 3 is 2.67 bits per heavy atom. The van der Waals surface area contributed by atoms with Crippen LogP contribution in [0.1, 0.15) is 25.5 Å². The molecule has 1 aliphatic heterocycles. The van der Waals surface area contributed by atoms with Crippen LogP contribution >= 0.6 is 11.6 Å². The van der Waals surface area contributed by atoms with E-state index in [4.69, 9.17) is 16.0 Å². The van der Waals surface area contributed by atoms with Crippen molar-refractivity contribution in [2.24, 2.45) is 5.92 Å². The number of nitrogens with one attached hydrogen (secondary N) is 2. The molecule has 2 aromatic rings. The lowest BCUT2D eigenvalue weighted by Crippen LogP contribution is -2.50. The molecule has 2 heterocycles. The molecule has 8 nitrogen and oxygen atoms in total. The molecule has 1 aromatic heterocycles. The van der Waals surface area contributed by atoms with Crippen molar-refractivity contribution in [1.29, 1.82) is 0 Å². The predicted octanol–water partition coefficient (Wildman–Crippen LogP) is 2.15. The highest BCUT2D eigenvalue weighted by Gasteiger charge is 2.34. The highest BCUT2D eigenvalue weighted by Crippen LogP contribution is 2.25. The summed E-state index contributed by atoms with van der Waals surface area (Å²) < 4.78 is 32.2. The van der Waals surface area contributed by atoms with E-state index in [0.29, 0.717) is 30.2 Å². The summed E-state index contributed by atoms with van der Waals surface area (Å²) in [6, 6.07) is 8.65. The second-order valence-electron chi connectivity index (χ2n) is 7.18. The summed E-state index contributed by atoms with van der Waals surface area (Å²) in [5, 5.41) is 5.81. The van der Waals surface area contributed by atoms with Gasteiger partial charge in [0.25, 0.3) is 0 Å². The number of hydrogen-bond donors (Lipinski definition) is 2. The molecule has 1 aromatic carbocycles. The van der Waals surface area contributed by atoms with E-state index >= 15 is 0 Å². The Morgan fingerprint density at radius 2 is 2.00 bits per heavy atom. The number of furan rings is 1. The van der Waals surface area contributed by atoms with Gasteiger partial charge >= 0.3 is 0 Å². The third kappa shape index (κ3) is 5.41. The van der Waals surface area contributed by atoms with Crippen LogP contribution in [-0.2, 0) is 26.2 Å². The lowest BCUT2D eigenvalue weighted by molar-refractivity contribution is -0.131. The number of nitrogens with zero attached hydrogens (tertiary/aromatic N) is 1. The Hall–Kier alpha value is -2.36. The van der Waals surface area contributed by atoms with E-state index in [1.54, 1.807) is 19.1 Å². The third-order valence-electron chi connectivity index (χ3n) is 4.98. The fourth-order valence-corrected chi connectivity index (χ4v) is 4.92. The van der Waals surface area contributed by atoms with Crippen molar-refractivity contribution < 1.29 is 22.4 Å². The number of hydrogen-bond acceptors (Lipinski definition) is 5. The molecule has 1 saturated heterocycles. The van der Waals surface area contributed by atoms with Crippen LogP contribution in [0.25, 0.3) is 0 Å². The number of sulfonamides is 1. The van der Waals surface area contributed by atoms with Gasteiger partial charge in [0.15, 0.2) is 0 Å². The zero-order valence-corrected chi connectivity index (χ0v) is 18.1. The van der Waals surface area contributed by atoms with E-state index < -0.39 is 22.0 Å². The molecule has 2 N–H and O–H groups in total. The van der Waals surface area contributed by atoms with Crippen LogP contribution in [0.15, 0.2) is 52.0 Å². The minimum absolute atomic E-state index is 0.0670. The molecular weight excluding hydrogens is 430 g/mol. The smallest absolute Gasteiger partial charge is 0.243 e. The minimum Gasteiger partial charge on any atom is -0.467 e. The summed E-state index contributed by atoms with van der Waals surface area (Å²) in [4.78, 5) is 25.0. The van der Waals surface area contributed by atoms with Gasteiger partial charge in [0, 0.05) is 18.1 Å². The van der Waals surface area contributed by atoms with Crippen LogP contribution in [0.2, 0.25) is 5.02 Å². The van der Waals surface area contributed by atoms with Crippen LogP contribution in [0.5, 0.6) is 0 Å². The van der Waals surface area contributed by atoms with E-state index in [1.165, 1.54) is 34.8 Å². The van der Waals surface area contributed by atoms with Crippen LogP contribution in [0, 0.1) is 5.92 Å². The molecule has 2 amide bonds. The van der Waals surface area contributed by atoms with Crippen molar-refractivity contribution in [2.75, 3.05) is 13.1 Å². The predicted molar refractivity (Wildman–Crippen MR) is 111 cm³/mol. The first-order valence-electron chi connectivity index (χ1n) is 9.63. The summed E-state index contributed by atoms with van der Waals surface area (Å²) in [6.07, 6.45) is 2.63. The molecule has 2 atom stereocenters. The van der Waals surface area contributed by atoms with Crippen molar-refractivity contribution in [3.8, 4) is 0 Å². The Morgan fingerprint density at radius 1 is 1.27 bits per heavy atom. The van der Waals surface area contributed by atoms with Gasteiger partial charge in [-0.1, -0.05) is 11.6 Å². The molecule has 3 rings (SSSR count). The molecule has 30 heavy (non-hydrogen) atoms. The quantitative estimate of drug-likeness (QED) is 0.667. The van der Waals surface area contributed by atoms with Crippen LogP contribution < -0.4 is 10.6 Å². The van der Waals surface area contributed by atoms with Crippen molar-refractivity contribution in [3.05, 3.63) is 53.4 Å². The number of benzene rings is 1. The molecule has 0 radical (unpaired) electrons. The monoisotopic (exact) mass is 453 g/mol. The van der Waals surface area contributed by atoms with E-state index in [2.05, 4.69) is 10.6 Å². The van der Waals surface area contributed by atoms with Gasteiger partial charge in [-0.15, -0.1) is 0 Å². The summed E-state index contributed by atoms with van der Waals surface area (Å²) >= 11 is 5.84. The number of carbonyl (C=O) groups is 2. The maximum absolute atomic E-state index is 12.9. The summed E-state index contributed by atoms with van der Waals surface area (Å²) in [6.45, 7) is 2.22. The zero-order chi connectivity index (χ0) is 21.7. The maximum atomic E-state index is 12.9. The van der Waals surface area contributed by atoms with E-state index in [-0.39, 0.29) is 29.8 Å². The molecule has 10 heteroatoms. The zero-order valence-electron chi connectivity index (χ0n) is 16.5. The first-order valence-corrected chi connectivity index (χ1v) is 11.5. The SMILES string of the molecule is C[C@H](NC(=O)[C@@H]1CCCN(S(=O)(=O)c2ccc(Cl)cc2)C1)C(=O)NCc1ccco1. The number of amides is 2. The summed E-state index contributed by atoms with van der Waals surface area (Å²) in [5.74, 6) is -0.605. The van der Waals surface area contributed by atoms with Gasteiger partial charge in [-0.25, -0.2) is 8.42 Å². The summed E-state index contributed by atoms with van der Waals surface area (Å²) in [5.41, 5.74) is 0. The minimum atomic E-state index is -3.72. The molecule has 0 spiro atoms. The molecular formula is C20H24ClN3O5S. The van der Waals surface area contributed by atoms with Gasteiger partial charge in [-0.05, 0) is 56.2 Å². The Kier molecular flexibility index (Phi) is 7.17. The highest BCUT2D eigenvalue weighted by atomic mass is 35.5. The number of piperidine rings is 1. The van der Waals surface area contributed by atoms with Gasteiger partial charge in [0.05, 0.1) is 23.6 Å². The lowest BCUT2D eigenvalue weighted by Gasteiger charge is -2.31. The second-order valence-corrected chi connectivity index (χ2v) is 9.56. The first kappa shape index (κ1) is 22.3. The van der Waals surface area contributed by atoms with Crippen molar-refractivity contribution in [2.45, 2.75) is 37.2 Å². The first-order chi connectivity index (χ1) is 14.3.